The molecular weight excluding hydrogens is 210 g/mol. The first kappa shape index (κ1) is 16.2. The number of nitrogens with one attached hydrogen (secondary N) is 1. The Morgan fingerprint density at radius 1 is 0.941 bits per heavy atom. The molecule has 0 radical (unpaired) electrons. The average molecular weight is 239 g/mol. The fraction of sp³-hybridized carbons (Fsp3) is 0.800. The molecule has 0 atom stereocenters. The molecule has 2 nitrogen and oxygen atoms in total. The van der Waals surface area contributed by atoms with Gasteiger partial charge in [-0.15, -0.1) is 0 Å². The smallest absolute Gasteiger partial charge is 0.223 e. The van der Waals surface area contributed by atoms with Gasteiger partial charge in [-0.2, -0.15) is 0 Å². The number of hydrogen-bond donors (Lipinski definition) is 1. The SMILES string of the molecule is C=CNC(=O)CCCCCCCCCCCC. The zero-order chi connectivity index (χ0) is 12.8. The van der Waals surface area contributed by atoms with Crippen LogP contribution in [0.3, 0.4) is 0 Å². The second kappa shape index (κ2) is 13.3. The summed E-state index contributed by atoms with van der Waals surface area (Å²) in [7, 11) is 0. The van der Waals surface area contributed by atoms with Gasteiger partial charge in [-0.3, -0.25) is 4.79 Å². The lowest BCUT2D eigenvalue weighted by atomic mass is 10.1. The van der Waals surface area contributed by atoms with Gasteiger partial charge in [0, 0.05) is 6.42 Å². The summed E-state index contributed by atoms with van der Waals surface area (Å²) < 4.78 is 0. The topological polar surface area (TPSA) is 29.1 Å². The van der Waals surface area contributed by atoms with Crippen molar-refractivity contribution >= 4 is 5.91 Å². The summed E-state index contributed by atoms with van der Waals surface area (Å²) in [4.78, 5) is 11.1. The van der Waals surface area contributed by atoms with E-state index < -0.39 is 0 Å². The molecule has 0 aromatic carbocycles. The normalized spacial score (nSPS) is 10.2. The molecule has 0 spiro atoms. The van der Waals surface area contributed by atoms with Gasteiger partial charge < -0.3 is 5.32 Å². The first-order valence-corrected chi connectivity index (χ1v) is 7.21. The van der Waals surface area contributed by atoms with Gasteiger partial charge >= 0.3 is 0 Å². The summed E-state index contributed by atoms with van der Waals surface area (Å²) in [5, 5.41) is 2.60. The minimum absolute atomic E-state index is 0.0968. The molecular formula is C15H29NO. The molecule has 1 amide bonds. The molecule has 0 aromatic heterocycles. The van der Waals surface area contributed by atoms with E-state index in [1.807, 2.05) is 0 Å². The molecule has 0 fully saturated rings. The zero-order valence-electron chi connectivity index (χ0n) is 11.5. The zero-order valence-corrected chi connectivity index (χ0v) is 11.5. The van der Waals surface area contributed by atoms with Gasteiger partial charge in [0.1, 0.15) is 0 Å². The molecule has 1 N–H and O–H groups in total. The largest absolute Gasteiger partial charge is 0.333 e. The van der Waals surface area contributed by atoms with Crippen molar-refractivity contribution < 1.29 is 4.79 Å². The second-order valence-corrected chi connectivity index (χ2v) is 4.70. The van der Waals surface area contributed by atoms with E-state index in [0.717, 1.165) is 6.42 Å². The lowest BCUT2D eigenvalue weighted by Crippen LogP contribution is -2.15. The fourth-order valence-corrected chi connectivity index (χ4v) is 1.96. The maximum atomic E-state index is 11.1. The molecule has 0 aliphatic heterocycles. The summed E-state index contributed by atoms with van der Waals surface area (Å²) >= 11 is 0. The fourth-order valence-electron chi connectivity index (χ4n) is 1.96. The number of amides is 1. The van der Waals surface area contributed by atoms with Crippen molar-refractivity contribution in [3.05, 3.63) is 12.8 Å². The summed E-state index contributed by atoms with van der Waals surface area (Å²) in [6, 6.07) is 0. The Balaban J connectivity index is 3.03. The van der Waals surface area contributed by atoms with Crippen molar-refractivity contribution in [3.8, 4) is 0 Å². The van der Waals surface area contributed by atoms with Crippen LogP contribution in [0.25, 0.3) is 0 Å². The first-order valence-electron chi connectivity index (χ1n) is 7.21. The van der Waals surface area contributed by atoms with Gasteiger partial charge in [-0.1, -0.05) is 71.3 Å². The predicted molar refractivity (Wildman–Crippen MR) is 74.8 cm³/mol. The number of carbonyl (C=O) groups is 1. The number of carbonyl (C=O) groups excluding carboxylic acids is 1. The van der Waals surface area contributed by atoms with Crippen LogP contribution in [0, 0.1) is 0 Å². The van der Waals surface area contributed by atoms with Gasteiger partial charge in [-0.25, -0.2) is 0 Å². The van der Waals surface area contributed by atoms with Crippen LogP contribution in [0.1, 0.15) is 77.6 Å². The van der Waals surface area contributed by atoms with E-state index in [1.54, 1.807) is 0 Å². The van der Waals surface area contributed by atoms with Gasteiger partial charge in [0.05, 0.1) is 0 Å². The Labute approximate surface area is 107 Å². The monoisotopic (exact) mass is 239 g/mol. The van der Waals surface area contributed by atoms with Crippen LogP contribution < -0.4 is 5.32 Å². The van der Waals surface area contributed by atoms with Crippen LogP contribution in [0.2, 0.25) is 0 Å². The van der Waals surface area contributed by atoms with E-state index in [0.29, 0.717) is 6.42 Å². The maximum absolute atomic E-state index is 11.1. The number of rotatable bonds is 12. The number of unbranched alkanes of at least 4 members (excludes halogenated alkanes) is 9. The quantitative estimate of drug-likeness (QED) is 0.497. The van der Waals surface area contributed by atoms with Crippen LogP contribution in [-0.2, 0) is 4.79 Å². The van der Waals surface area contributed by atoms with Crippen molar-refractivity contribution in [1.29, 1.82) is 0 Å². The molecule has 0 unspecified atom stereocenters. The highest BCUT2D eigenvalue weighted by molar-refractivity contribution is 5.76. The highest BCUT2D eigenvalue weighted by atomic mass is 16.1. The number of hydrogen-bond acceptors (Lipinski definition) is 1. The molecule has 0 aromatic rings. The molecule has 0 rings (SSSR count). The minimum atomic E-state index is 0.0968. The molecule has 0 aliphatic carbocycles. The third kappa shape index (κ3) is 13.1. The highest BCUT2D eigenvalue weighted by Gasteiger charge is 1.97. The standard InChI is InChI=1S/C15H29NO/c1-3-5-6-7-8-9-10-11-12-13-14-15(17)16-4-2/h4H,2-3,5-14H2,1H3,(H,16,17). The van der Waals surface area contributed by atoms with Crippen molar-refractivity contribution in [2.75, 3.05) is 0 Å². The van der Waals surface area contributed by atoms with Crippen molar-refractivity contribution in [2.24, 2.45) is 0 Å². The minimum Gasteiger partial charge on any atom is -0.333 e. The average Bonchev–Trinajstić information content (AvgIpc) is 2.32. The lowest BCUT2D eigenvalue weighted by molar-refractivity contribution is -0.120. The Hall–Kier alpha value is -0.790. The lowest BCUT2D eigenvalue weighted by Gasteiger charge is -2.02. The third-order valence-corrected chi connectivity index (χ3v) is 3.02. The van der Waals surface area contributed by atoms with Gasteiger partial charge in [0.15, 0.2) is 0 Å². The Bertz CT molecular complexity index is 189. The van der Waals surface area contributed by atoms with E-state index in [4.69, 9.17) is 0 Å². The molecule has 100 valence electrons. The van der Waals surface area contributed by atoms with Gasteiger partial charge in [0.2, 0.25) is 5.91 Å². The Morgan fingerprint density at radius 2 is 1.41 bits per heavy atom. The molecule has 0 heterocycles. The molecule has 0 saturated carbocycles. The van der Waals surface area contributed by atoms with Crippen molar-refractivity contribution in [2.45, 2.75) is 77.6 Å². The summed E-state index contributed by atoms with van der Waals surface area (Å²) in [6.45, 7) is 5.72. The van der Waals surface area contributed by atoms with Gasteiger partial charge in [-0.05, 0) is 12.6 Å². The van der Waals surface area contributed by atoms with E-state index in [1.165, 1.54) is 64.0 Å². The van der Waals surface area contributed by atoms with E-state index in [9.17, 15) is 4.79 Å². The predicted octanol–water partition coefficient (Wildman–Crippen LogP) is 4.56. The summed E-state index contributed by atoms with van der Waals surface area (Å²) in [5.41, 5.74) is 0. The maximum Gasteiger partial charge on any atom is 0.223 e. The first-order chi connectivity index (χ1) is 8.31. The molecule has 0 aliphatic rings. The van der Waals surface area contributed by atoms with Crippen molar-refractivity contribution in [1.82, 2.24) is 5.32 Å². The molecule has 0 bridgehead atoms. The van der Waals surface area contributed by atoms with E-state index in [2.05, 4.69) is 18.8 Å². The second-order valence-electron chi connectivity index (χ2n) is 4.70. The Kier molecular flexibility index (Phi) is 12.7. The van der Waals surface area contributed by atoms with E-state index in [-0.39, 0.29) is 5.91 Å². The van der Waals surface area contributed by atoms with Crippen LogP contribution in [0.4, 0.5) is 0 Å². The van der Waals surface area contributed by atoms with Crippen LogP contribution in [0.5, 0.6) is 0 Å². The Morgan fingerprint density at radius 3 is 1.88 bits per heavy atom. The van der Waals surface area contributed by atoms with Crippen LogP contribution >= 0.6 is 0 Å². The van der Waals surface area contributed by atoms with Crippen LogP contribution in [0.15, 0.2) is 12.8 Å². The molecule has 0 saturated heterocycles. The van der Waals surface area contributed by atoms with E-state index >= 15 is 0 Å². The third-order valence-electron chi connectivity index (χ3n) is 3.02. The summed E-state index contributed by atoms with van der Waals surface area (Å²) in [5.74, 6) is 0.0968. The highest BCUT2D eigenvalue weighted by Crippen LogP contribution is 2.11. The molecule has 2 heteroatoms. The van der Waals surface area contributed by atoms with Crippen LogP contribution in [-0.4, -0.2) is 5.91 Å². The van der Waals surface area contributed by atoms with Gasteiger partial charge in [0.25, 0.3) is 0 Å². The van der Waals surface area contributed by atoms with Crippen molar-refractivity contribution in [3.63, 3.8) is 0 Å². The summed E-state index contributed by atoms with van der Waals surface area (Å²) in [6.07, 6.45) is 15.2. The molecule has 17 heavy (non-hydrogen) atoms.